The van der Waals surface area contributed by atoms with Gasteiger partial charge in [0.2, 0.25) is 0 Å². The smallest absolute Gasteiger partial charge is 0.185 e. The summed E-state index contributed by atoms with van der Waals surface area (Å²) in [6.07, 6.45) is 4.78. The first-order valence-corrected chi connectivity index (χ1v) is 6.68. The number of aromatic hydroxyl groups is 1. The summed E-state index contributed by atoms with van der Waals surface area (Å²) in [7, 11) is 0. The van der Waals surface area contributed by atoms with Crippen LogP contribution in [0.25, 0.3) is 6.08 Å². The summed E-state index contributed by atoms with van der Waals surface area (Å²) >= 11 is 7.08. The highest BCUT2D eigenvalue weighted by Gasteiger charge is 2.06. The molecule has 0 aliphatic heterocycles. The minimum atomic E-state index is -0.0788. The molecule has 0 aromatic heterocycles. The average molecular weight is 285 g/mol. The maximum absolute atomic E-state index is 10.7. The number of hydrogen-bond acceptors (Lipinski definition) is 4. The van der Waals surface area contributed by atoms with E-state index in [2.05, 4.69) is 0 Å². The van der Waals surface area contributed by atoms with Gasteiger partial charge in [0.1, 0.15) is 5.75 Å². The Balaban J connectivity index is 2.72. The number of thioether (sulfide) groups is 1. The fourth-order valence-corrected chi connectivity index (χ4v) is 2.12. The molecule has 0 fully saturated rings. The summed E-state index contributed by atoms with van der Waals surface area (Å²) in [5.41, 5.74) is 0.665. The van der Waals surface area contributed by atoms with Gasteiger partial charge in [0.25, 0.3) is 0 Å². The molecule has 0 aliphatic rings. The summed E-state index contributed by atoms with van der Waals surface area (Å²) < 4.78 is 0. The van der Waals surface area contributed by atoms with E-state index in [0.29, 0.717) is 29.0 Å². The van der Waals surface area contributed by atoms with Crippen molar-refractivity contribution >= 4 is 40.8 Å². The van der Waals surface area contributed by atoms with Crippen molar-refractivity contribution in [1.82, 2.24) is 0 Å². The van der Waals surface area contributed by atoms with Gasteiger partial charge in [0.05, 0.1) is 5.56 Å². The lowest BCUT2D eigenvalue weighted by Crippen LogP contribution is -1.86. The summed E-state index contributed by atoms with van der Waals surface area (Å²) in [5.74, 6) is 0.609. The van der Waals surface area contributed by atoms with Crippen molar-refractivity contribution < 1.29 is 14.7 Å². The van der Waals surface area contributed by atoms with E-state index in [4.69, 9.17) is 11.6 Å². The maximum atomic E-state index is 10.7. The van der Waals surface area contributed by atoms with Crippen LogP contribution in [0.5, 0.6) is 5.75 Å². The second kappa shape index (κ2) is 7.24. The van der Waals surface area contributed by atoms with Crippen LogP contribution in [0.2, 0.25) is 5.02 Å². The van der Waals surface area contributed by atoms with Crippen molar-refractivity contribution in [2.45, 2.75) is 13.3 Å². The lowest BCUT2D eigenvalue weighted by molar-refractivity contribution is -0.109. The molecule has 0 saturated heterocycles. The molecule has 0 heterocycles. The van der Waals surface area contributed by atoms with Crippen molar-refractivity contribution in [3.63, 3.8) is 0 Å². The second-order valence-corrected chi connectivity index (χ2v) is 5.29. The Morgan fingerprint density at radius 1 is 1.44 bits per heavy atom. The average Bonchev–Trinajstić information content (AvgIpc) is 2.32. The summed E-state index contributed by atoms with van der Waals surface area (Å²) in [5, 5.41) is 10.2. The number of aldehydes is 1. The number of carbonyl (C=O) groups is 2. The number of phenols is 1. The molecule has 1 aromatic carbocycles. The Morgan fingerprint density at radius 3 is 2.72 bits per heavy atom. The van der Waals surface area contributed by atoms with Gasteiger partial charge in [0.15, 0.2) is 11.4 Å². The number of carbonyl (C=O) groups excluding carboxylic acids is 2. The van der Waals surface area contributed by atoms with Crippen LogP contribution in [0, 0.1) is 0 Å². The molecule has 3 nitrogen and oxygen atoms in total. The van der Waals surface area contributed by atoms with Gasteiger partial charge in [-0.25, -0.2) is 0 Å². The normalized spacial score (nSPS) is 10.8. The first-order chi connectivity index (χ1) is 8.54. The van der Waals surface area contributed by atoms with Crippen molar-refractivity contribution in [2.75, 3.05) is 5.75 Å². The number of hydrogen-bond donors (Lipinski definition) is 1. The molecule has 5 heteroatoms. The third-order valence-corrected chi connectivity index (χ3v) is 3.21. The molecular formula is C13H13ClO3S. The van der Waals surface area contributed by atoms with E-state index >= 15 is 0 Å². The topological polar surface area (TPSA) is 54.4 Å². The molecule has 0 unspecified atom stereocenters. The molecule has 0 radical (unpaired) electrons. The van der Waals surface area contributed by atoms with Crippen molar-refractivity contribution in [2.24, 2.45) is 0 Å². The standard InChI is InChI=1S/C13H13ClO3S/c1-9(16)18-5-3-2-4-10-6-12(14)7-11(8-15)13(10)17/h2,4,6-8,17H,3,5H2,1H3. The Morgan fingerprint density at radius 2 is 2.11 bits per heavy atom. The van der Waals surface area contributed by atoms with Crippen LogP contribution in [-0.4, -0.2) is 22.3 Å². The third kappa shape index (κ3) is 4.55. The zero-order chi connectivity index (χ0) is 13.5. The van der Waals surface area contributed by atoms with Gasteiger partial charge < -0.3 is 5.11 Å². The molecule has 1 aromatic rings. The molecule has 0 spiro atoms. The predicted octanol–water partition coefficient (Wildman–Crippen LogP) is 3.54. The molecule has 0 bridgehead atoms. The molecule has 0 saturated carbocycles. The van der Waals surface area contributed by atoms with Crippen LogP contribution >= 0.6 is 23.4 Å². The third-order valence-electron chi connectivity index (χ3n) is 2.15. The maximum Gasteiger partial charge on any atom is 0.185 e. The van der Waals surface area contributed by atoms with Crippen LogP contribution in [0.4, 0.5) is 0 Å². The van der Waals surface area contributed by atoms with Crippen LogP contribution in [0.3, 0.4) is 0 Å². The zero-order valence-electron chi connectivity index (χ0n) is 9.85. The van der Waals surface area contributed by atoms with E-state index < -0.39 is 0 Å². The Labute approximate surface area is 115 Å². The molecule has 1 rings (SSSR count). The number of allylic oxidation sites excluding steroid dienone is 1. The zero-order valence-corrected chi connectivity index (χ0v) is 11.4. The monoisotopic (exact) mass is 284 g/mol. The van der Waals surface area contributed by atoms with E-state index in [9.17, 15) is 14.7 Å². The minimum Gasteiger partial charge on any atom is -0.507 e. The summed E-state index contributed by atoms with van der Waals surface area (Å²) in [4.78, 5) is 21.4. The van der Waals surface area contributed by atoms with Gasteiger partial charge in [-0.1, -0.05) is 35.5 Å². The van der Waals surface area contributed by atoms with E-state index in [0.717, 1.165) is 0 Å². The number of benzene rings is 1. The lowest BCUT2D eigenvalue weighted by atomic mass is 10.1. The molecule has 96 valence electrons. The molecule has 18 heavy (non-hydrogen) atoms. The summed E-state index contributed by atoms with van der Waals surface area (Å²) in [6, 6.07) is 2.99. The Kier molecular flexibility index (Phi) is 5.95. The fraction of sp³-hybridized carbons (Fsp3) is 0.231. The van der Waals surface area contributed by atoms with Gasteiger partial charge in [-0.15, -0.1) is 0 Å². The number of halogens is 1. The van der Waals surface area contributed by atoms with Crippen LogP contribution in [0.1, 0.15) is 29.3 Å². The van der Waals surface area contributed by atoms with Crippen LogP contribution < -0.4 is 0 Å². The van der Waals surface area contributed by atoms with E-state index in [1.165, 1.54) is 24.8 Å². The fourth-order valence-electron chi connectivity index (χ4n) is 1.34. The Bertz CT molecular complexity index is 483. The van der Waals surface area contributed by atoms with Gasteiger partial charge in [-0.2, -0.15) is 0 Å². The van der Waals surface area contributed by atoms with Crippen molar-refractivity contribution in [3.05, 3.63) is 34.4 Å². The minimum absolute atomic E-state index is 0.0788. The van der Waals surface area contributed by atoms with Gasteiger partial charge in [0, 0.05) is 23.3 Å². The van der Waals surface area contributed by atoms with Crippen molar-refractivity contribution in [3.8, 4) is 5.75 Å². The molecule has 0 atom stereocenters. The molecular weight excluding hydrogens is 272 g/mol. The van der Waals surface area contributed by atoms with E-state index in [1.807, 2.05) is 6.08 Å². The largest absolute Gasteiger partial charge is 0.507 e. The second-order valence-electron chi connectivity index (χ2n) is 3.58. The molecule has 1 N–H and O–H groups in total. The first-order valence-electron chi connectivity index (χ1n) is 5.32. The SMILES string of the molecule is CC(=O)SCCC=Cc1cc(Cl)cc(C=O)c1O. The Hall–Kier alpha value is -1.26. The van der Waals surface area contributed by atoms with Gasteiger partial charge >= 0.3 is 0 Å². The van der Waals surface area contributed by atoms with E-state index in [-0.39, 0.29) is 16.4 Å². The highest BCUT2D eigenvalue weighted by atomic mass is 35.5. The molecule has 0 amide bonds. The van der Waals surface area contributed by atoms with Crippen molar-refractivity contribution in [1.29, 1.82) is 0 Å². The van der Waals surface area contributed by atoms with Crippen LogP contribution in [-0.2, 0) is 4.79 Å². The number of phenolic OH excluding ortho intramolecular Hbond substituents is 1. The predicted molar refractivity (Wildman–Crippen MR) is 75.3 cm³/mol. The highest BCUT2D eigenvalue weighted by Crippen LogP contribution is 2.27. The summed E-state index contributed by atoms with van der Waals surface area (Å²) in [6.45, 7) is 1.52. The molecule has 0 aliphatic carbocycles. The van der Waals surface area contributed by atoms with E-state index in [1.54, 1.807) is 12.1 Å². The highest BCUT2D eigenvalue weighted by molar-refractivity contribution is 8.13. The van der Waals surface area contributed by atoms with Gasteiger partial charge in [-0.05, 0) is 18.6 Å². The lowest BCUT2D eigenvalue weighted by Gasteiger charge is -2.03. The first kappa shape index (κ1) is 14.8. The quantitative estimate of drug-likeness (QED) is 0.664. The van der Waals surface area contributed by atoms with Crippen LogP contribution in [0.15, 0.2) is 18.2 Å². The van der Waals surface area contributed by atoms with Gasteiger partial charge in [-0.3, -0.25) is 9.59 Å². The number of rotatable bonds is 5.